The smallest absolute Gasteiger partial charge is 0.306 e. The number of carboxylic acids is 1. The van der Waals surface area contributed by atoms with Crippen LogP contribution in [0.5, 0.6) is 0 Å². The van der Waals surface area contributed by atoms with E-state index in [1.165, 1.54) is 0 Å². The predicted molar refractivity (Wildman–Crippen MR) is 57.6 cm³/mol. The first-order valence-corrected chi connectivity index (χ1v) is 5.89. The fourth-order valence-corrected chi connectivity index (χ4v) is 2.36. The van der Waals surface area contributed by atoms with Gasteiger partial charge in [0.15, 0.2) is 0 Å². The fourth-order valence-electron chi connectivity index (χ4n) is 2.36. The van der Waals surface area contributed by atoms with Gasteiger partial charge in [0.1, 0.15) is 5.78 Å². The summed E-state index contributed by atoms with van der Waals surface area (Å²) in [5, 5.41) is 9.11. The molecule has 0 bridgehead atoms. The highest BCUT2D eigenvalue weighted by Crippen LogP contribution is 2.32. The Morgan fingerprint density at radius 1 is 1.53 bits per heavy atom. The quantitative estimate of drug-likeness (QED) is 0.688. The van der Waals surface area contributed by atoms with Crippen molar-refractivity contribution in [3.05, 3.63) is 0 Å². The van der Waals surface area contributed by atoms with Gasteiger partial charge in [-0.3, -0.25) is 9.59 Å². The number of carbonyl (C=O) groups is 2. The molecule has 0 amide bonds. The molecular formula is C12H20O3. The third kappa shape index (κ3) is 3.65. The highest BCUT2D eigenvalue weighted by Gasteiger charge is 2.33. The number of hydrogen-bond acceptors (Lipinski definition) is 2. The highest BCUT2D eigenvalue weighted by atomic mass is 16.4. The standard InChI is InChI=1S/C12H20O3/c1-2-3-4-5-11(12(14)15)9-6-7-10(13)8-9/h9,11H,2-8H2,1H3,(H,14,15). The molecule has 0 aromatic carbocycles. The van der Waals surface area contributed by atoms with E-state index >= 15 is 0 Å². The van der Waals surface area contributed by atoms with Crippen LogP contribution in [0, 0.1) is 11.8 Å². The molecule has 1 aliphatic carbocycles. The number of hydrogen-bond donors (Lipinski definition) is 1. The van der Waals surface area contributed by atoms with Gasteiger partial charge in [0.05, 0.1) is 5.92 Å². The molecule has 1 fully saturated rings. The molecule has 0 radical (unpaired) electrons. The Morgan fingerprint density at radius 3 is 2.73 bits per heavy atom. The molecule has 86 valence electrons. The minimum absolute atomic E-state index is 0.104. The zero-order valence-corrected chi connectivity index (χ0v) is 9.37. The van der Waals surface area contributed by atoms with E-state index in [4.69, 9.17) is 5.11 Å². The number of ketones is 1. The molecule has 0 saturated heterocycles. The lowest BCUT2D eigenvalue weighted by molar-refractivity contribution is -0.144. The van der Waals surface area contributed by atoms with Crippen LogP contribution >= 0.6 is 0 Å². The summed E-state index contributed by atoms with van der Waals surface area (Å²) in [5.41, 5.74) is 0. The highest BCUT2D eigenvalue weighted by molar-refractivity contribution is 5.82. The van der Waals surface area contributed by atoms with Crippen LogP contribution in [0.3, 0.4) is 0 Å². The molecule has 1 rings (SSSR count). The van der Waals surface area contributed by atoms with Gasteiger partial charge in [0.25, 0.3) is 0 Å². The second kappa shape index (κ2) is 5.89. The van der Waals surface area contributed by atoms with Crippen LogP contribution in [-0.2, 0) is 9.59 Å². The number of unbranched alkanes of at least 4 members (excludes halogenated alkanes) is 2. The number of rotatable bonds is 6. The Hall–Kier alpha value is -0.860. The molecule has 0 aromatic heterocycles. The van der Waals surface area contributed by atoms with Crippen molar-refractivity contribution in [3.63, 3.8) is 0 Å². The maximum atomic E-state index is 11.1. The van der Waals surface area contributed by atoms with Gasteiger partial charge < -0.3 is 5.11 Å². The lowest BCUT2D eigenvalue weighted by atomic mass is 9.86. The average molecular weight is 212 g/mol. The molecule has 1 aliphatic rings. The van der Waals surface area contributed by atoms with Crippen LogP contribution < -0.4 is 0 Å². The zero-order valence-electron chi connectivity index (χ0n) is 9.37. The molecule has 0 aliphatic heterocycles. The minimum Gasteiger partial charge on any atom is -0.481 e. The zero-order chi connectivity index (χ0) is 11.3. The summed E-state index contributed by atoms with van der Waals surface area (Å²) < 4.78 is 0. The molecule has 0 heterocycles. The monoisotopic (exact) mass is 212 g/mol. The third-order valence-electron chi connectivity index (χ3n) is 3.29. The van der Waals surface area contributed by atoms with Gasteiger partial charge in [0, 0.05) is 12.8 Å². The predicted octanol–water partition coefficient (Wildman–Crippen LogP) is 2.64. The summed E-state index contributed by atoms with van der Waals surface area (Å²) in [7, 11) is 0. The molecule has 0 aromatic rings. The first-order chi connectivity index (χ1) is 7.15. The number of carbonyl (C=O) groups excluding carboxylic acids is 1. The molecule has 0 spiro atoms. The number of Topliss-reactive ketones (excluding diaryl/α,β-unsaturated/α-hetero) is 1. The van der Waals surface area contributed by atoms with E-state index in [9.17, 15) is 9.59 Å². The van der Waals surface area contributed by atoms with Crippen molar-refractivity contribution in [2.45, 2.75) is 51.9 Å². The lowest BCUT2D eigenvalue weighted by Gasteiger charge is -2.18. The van der Waals surface area contributed by atoms with E-state index < -0.39 is 5.97 Å². The molecule has 15 heavy (non-hydrogen) atoms. The van der Waals surface area contributed by atoms with Gasteiger partial charge in [-0.05, 0) is 18.8 Å². The van der Waals surface area contributed by atoms with Crippen molar-refractivity contribution >= 4 is 11.8 Å². The average Bonchev–Trinajstić information content (AvgIpc) is 2.59. The summed E-state index contributed by atoms with van der Waals surface area (Å²) >= 11 is 0. The number of aliphatic carboxylic acids is 1. The Bertz CT molecular complexity index is 235. The topological polar surface area (TPSA) is 54.4 Å². The van der Waals surface area contributed by atoms with Crippen molar-refractivity contribution < 1.29 is 14.7 Å². The molecule has 1 N–H and O–H groups in total. The van der Waals surface area contributed by atoms with Crippen LogP contribution in [0.1, 0.15) is 51.9 Å². The van der Waals surface area contributed by atoms with Crippen molar-refractivity contribution in [2.75, 3.05) is 0 Å². The first kappa shape index (κ1) is 12.2. The Kier molecular flexibility index (Phi) is 4.79. The van der Waals surface area contributed by atoms with E-state index in [0.29, 0.717) is 12.8 Å². The van der Waals surface area contributed by atoms with Crippen LogP contribution in [-0.4, -0.2) is 16.9 Å². The van der Waals surface area contributed by atoms with Gasteiger partial charge in [-0.1, -0.05) is 26.2 Å². The maximum absolute atomic E-state index is 11.1. The SMILES string of the molecule is CCCCCC(C(=O)O)C1CCC(=O)C1. The molecule has 1 saturated carbocycles. The largest absolute Gasteiger partial charge is 0.481 e. The molecule has 2 unspecified atom stereocenters. The Morgan fingerprint density at radius 2 is 2.27 bits per heavy atom. The molecule has 3 heteroatoms. The number of carboxylic acid groups (broad SMARTS) is 1. The van der Waals surface area contributed by atoms with Gasteiger partial charge >= 0.3 is 5.97 Å². The normalized spacial score (nSPS) is 23.0. The second-order valence-electron chi connectivity index (χ2n) is 4.48. The lowest BCUT2D eigenvalue weighted by Crippen LogP contribution is -2.22. The van der Waals surface area contributed by atoms with Crippen molar-refractivity contribution in [1.29, 1.82) is 0 Å². The minimum atomic E-state index is -0.717. The first-order valence-electron chi connectivity index (χ1n) is 5.89. The fraction of sp³-hybridized carbons (Fsp3) is 0.833. The maximum Gasteiger partial charge on any atom is 0.306 e. The van der Waals surface area contributed by atoms with E-state index in [0.717, 1.165) is 32.1 Å². The second-order valence-corrected chi connectivity index (χ2v) is 4.48. The van der Waals surface area contributed by atoms with Crippen LogP contribution in [0.4, 0.5) is 0 Å². The van der Waals surface area contributed by atoms with E-state index in [-0.39, 0.29) is 17.6 Å². The Labute approximate surface area is 90.9 Å². The van der Waals surface area contributed by atoms with Crippen LogP contribution in [0.2, 0.25) is 0 Å². The van der Waals surface area contributed by atoms with Crippen molar-refractivity contribution in [2.24, 2.45) is 11.8 Å². The summed E-state index contributed by atoms with van der Waals surface area (Å²) in [6.07, 6.45) is 5.76. The van der Waals surface area contributed by atoms with Gasteiger partial charge in [0.2, 0.25) is 0 Å². The molecule has 2 atom stereocenters. The summed E-state index contributed by atoms with van der Waals surface area (Å²) in [5.74, 6) is -0.664. The van der Waals surface area contributed by atoms with E-state index in [2.05, 4.69) is 6.92 Å². The Balaban J connectivity index is 2.43. The molecular weight excluding hydrogens is 192 g/mol. The third-order valence-corrected chi connectivity index (χ3v) is 3.29. The summed E-state index contributed by atoms with van der Waals surface area (Å²) in [6.45, 7) is 2.11. The summed E-state index contributed by atoms with van der Waals surface area (Å²) in [6, 6.07) is 0. The summed E-state index contributed by atoms with van der Waals surface area (Å²) in [4.78, 5) is 22.2. The van der Waals surface area contributed by atoms with Crippen LogP contribution in [0.15, 0.2) is 0 Å². The van der Waals surface area contributed by atoms with Gasteiger partial charge in [-0.25, -0.2) is 0 Å². The van der Waals surface area contributed by atoms with Crippen molar-refractivity contribution in [1.82, 2.24) is 0 Å². The van der Waals surface area contributed by atoms with Crippen molar-refractivity contribution in [3.8, 4) is 0 Å². The van der Waals surface area contributed by atoms with E-state index in [1.54, 1.807) is 0 Å². The van der Waals surface area contributed by atoms with E-state index in [1.807, 2.05) is 0 Å². The molecule has 3 nitrogen and oxygen atoms in total. The van der Waals surface area contributed by atoms with Crippen LogP contribution in [0.25, 0.3) is 0 Å². The van der Waals surface area contributed by atoms with Gasteiger partial charge in [-0.15, -0.1) is 0 Å². The van der Waals surface area contributed by atoms with Gasteiger partial charge in [-0.2, -0.15) is 0 Å².